The lowest BCUT2D eigenvalue weighted by Crippen LogP contribution is -2.22. The predicted molar refractivity (Wildman–Crippen MR) is 81.7 cm³/mol. The monoisotopic (exact) mass is 267 g/mol. The van der Waals surface area contributed by atoms with E-state index in [0.29, 0.717) is 5.75 Å². The molecule has 0 amide bonds. The maximum absolute atomic E-state index is 10.0. The number of benzene rings is 2. The molecule has 2 nitrogen and oxygen atoms in total. The van der Waals surface area contributed by atoms with Crippen LogP contribution in [-0.2, 0) is 19.5 Å². The van der Waals surface area contributed by atoms with E-state index in [-0.39, 0.29) is 0 Å². The van der Waals surface area contributed by atoms with Crippen LogP contribution in [0.3, 0.4) is 0 Å². The summed E-state index contributed by atoms with van der Waals surface area (Å²) in [5, 5.41) is 10.0. The van der Waals surface area contributed by atoms with Gasteiger partial charge >= 0.3 is 0 Å². The number of aryl methyl sites for hydroxylation is 2. The molecule has 0 aliphatic carbocycles. The number of fused-ring (bicyclic) bond motifs is 1. The molecule has 0 saturated carbocycles. The Morgan fingerprint density at radius 2 is 1.90 bits per heavy atom. The molecule has 0 aromatic heterocycles. The van der Waals surface area contributed by atoms with Gasteiger partial charge in [-0.1, -0.05) is 42.0 Å². The van der Waals surface area contributed by atoms with Crippen LogP contribution in [0.4, 0.5) is 0 Å². The van der Waals surface area contributed by atoms with Crippen LogP contribution in [0.5, 0.6) is 5.75 Å². The first-order chi connectivity index (χ1) is 9.72. The summed E-state index contributed by atoms with van der Waals surface area (Å²) >= 11 is 0. The fraction of sp³-hybridized carbons (Fsp3) is 0.333. The number of hydrogen-bond acceptors (Lipinski definition) is 2. The molecule has 0 fully saturated rings. The summed E-state index contributed by atoms with van der Waals surface area (Å²) in [6.07, 6.45) is 2.34. The normalized spacial score (nSPS) is 15.7. The third kappa shape index (κ3) is 2.86. The number of phenolic OH excluding ortho intramolecular Hbond substituents is 1. The molecule has 2 aromatic rings. The first-order valence-corrected chi connectivity index (χ1v) is 7.30. The number of phenols is 1. The molecule has 1 N–H and O–H groups in total. The Bertz CT molecular complexity index is 606. The van der Waals surface area contributed by atoms with Gasteiger partial charge in [0, 0.05) is 18.7 Å². The second kappa shape index (κ2) is 5.68. The number of hydrogen-bond donors (Lipinski definition) is 1. The van der Waals surface area contributed by atoms with Gasteiger partial charge in [-0.05, 0) is 43.5 Å². The Morgan fingerprint density at radius 1 is 1.10 bits per heavy atom. The highest BCUT2D eigenvalue weighted by Gasteiger charge is 2.15. The van der Waals surface area contributed by atoms with Crippen molar-refractivity contribution in [2.75, 3.05) is 6.54 Å². The van der Waals surface area contributed by atoms with Crippen LogP contribution in [-0.4, -0.2) is 16.6 Å². The maximum atomic E-state index is 10.0. The van der Waals surface area contributed by atoms with E-state index in [4.69, 9.17) is 0 Å². The molecule has 0 spiro atoms. The van der Waals surface area contributed by atoms with Crippen molar-refractivity contribution in [2.24, 2.45) is 0 Å². The van der Waals surface area contributed by atoms with Gasteiger partial charge in [0.1, 0.15) is 5.75 Å². The van der Waals surface area contributed by atoms with Gasteiger partial charge in [-0.15, -0.1) is 0 Å². The van der Waals surface area contributed by atoms with Crippen molar-refractivity contribution in [1.82, 2.24) is 4.90 Å². The lowest BCUT2D eigenvalue weighted by Gasteiger charge is -2.21. The second-order valence-electron chi connectivity index (χ2n) is 5.72. The SMILES string of the molecule is Cc1ccc(O)c(CN2CCCc3ccccc3C2)c1. The summed E-state index contributed by atoms with van der Waals surface area (Å²) < 4.78 is 0. The van der Waals surface area contributed by atoms with Gasteiger partial charge in [0.05, 0.1) is 0 Å². The average molecular weight is 267 g/mol. The molecule has 1 aliphatic rings. The van der Waals surface area contributed by atoms with Crippen molar-refractivity contribution in [1.29, 1.82) is 0 Å². The van der Waals surface area contributed by atoms with E-state index in [1.807, 2.05) is 6.07 Å². The third-order valence-corrected chi connectivity index (χ3v) is 4.06. The molecule has 0 bridgehead atoms. The molecule has 104 valence electrons. The largest absolute Gasteiger partial charge is 0.508 e. The number of rotatable bonds is 2. The lowest BCUT2D eigenvalue weighted by molar-refractivity contribution is 0.257. The standard InChI is InChI=1S/C18H21NO/c1-14-8-9-18(20)17(11-14)13-19-10-4-7-15-5-2-3-6-16(15)12-19/h2-3,5-6,8-9,11,20H,4,7,10,12-13H2,1H3. The van der Waals surface area contributed by atoms with E-state index >= 15 is 0 Å². The van der Waals surface area contributed by atoms with Crippen molar-refractivity contribution in [3.8, 4) is 5.75 Å². The molecule has 0 atom stereocenters. The molecule has 0 radical (unpaired) electrons. The molecule has 2 aromatic carbocycles. The minimum absolute atomic E-state index is 0.410. The molecule has 1 aliphatic heterocycles. The molecule has 2 heteroatoms. The summed E-state index contributed by atoms with van der Waals surface area (Å²) in [6, 6.07) is 14.6. The summed E-state index contributed by atoms with van der Waals surface area (Å²) in [4.78, 5) is 2.43. The first-order valence-electron chi connectivity index (χ1n) is 7.30. The minimum Gasteiger partial charge on any atom is -0.508 e. The Morgan fingerprint density at radius 3 is 2.75 bits per heavy atom. The smallest absolute Gasteiger partial charge is 0.120 e. The first kappa shape index (κ1) is 13.2. The predicted octanol–water partition coefficient (Wildman–Crippen LogP) is 3.65. The molecule has 0 saturated heterocycles. The van der Waals surface area contributed by atoms with E-state index in [2.05, 4.69) is 42.2 Å². The third-order valence-electron chi connectivity index (χ3n) is 4.06. The van der Waals surface area contributed by atoms with Crippen molar-refractivity contribution >= 4 is 0 Å². The highest BCUT2D eigenvalue weighted by Crippen LogP contribution is 2.24. The second-order valence-corrected chi connectivity index (χ2v) is 5.72. The van der Waals surface area contributed by atoms with Gasteiger partial charge in [-0.3, -0.25) is 4.90 Å². The molecule has 20 heavy (non-hydrogen) atoms. The quantitative estimate of drug-likeness (QED) is 0.897. The van der Waals surface area contributed by atoms with Gasteiger partial charge in [-0.25, -0.2) is 0 Å². The van der Waals surface area contributed by atoms with Crippen LogP contribution in [0, 0.1) is 6.92 Å². The van der Waals surface area contributed by atoms with E-state index in [0.717, 1.165) is 31.6 Å². The molecule has 1 heterocycles. The molecule has 0 unspecified atom stereocenters. The Kier molecular flexibility index (Phi) is 3.75. The zero-order valence-electron chi connectivity index (χ0n) is 12.0. The van der Waals surface area contributed by atoms with Crippen LogP contribution >= 0.6 is 0 Å². The van der Waals surface area contributed by atoms with E-state index in [1.165, 1.54) is 23.1 Å². The zero-order valence-corrected chi connectivity index (χ0v) is 12.0. The highest BCUT2D eigenvalue weighted by atomic mass is 16.3. The van der Waals surface area contributed by atoms with Crippen LogP contribution < -0.4 is 0 Å². The van der Waals surface area contributed by atoms with Gasteiger partial charge in [0.15, 0.2) is 0 Å². The maximum Gasteiger partial charge on any atom is 0.120 e. The minimum atomic E-state index is 0.410. The summed E-state index contributed by atoms with van der Waals surface area (Å²) in [5.74, 6) is 0.410. The fourth-order valence-electron chi connectivity index (χ4n) is 2.99. The summed E-state index contributed by atoms with van der Waals surface area (Å²) in [7, 11) is 0. The van der Waals surface area contributed by atoms with Gasteiger partial charge in [0.2, 0.25) is 0 Å². The van der Waals surface area contributed by atoms with Gasteiger partial charge in [-0.2, -0.15) is 0 Å². The van der Waals surface area contributed by atoms with Crippen molar-refractivity contribution in [3.63, 3.8) is 0 Å². The Hall–Kier alpha value is -1.80. The van der Waals surface area contributed by atoms with Crippen LogP contribution in [0.15, 0.2) is 42.5 Å². The van der Waals surface area contributed by atoms with Crippen LogP contribution in [0.2, 0.25) is 0 Å². The molecular weight excluding hydrogens is 246 g/mol. The highest BCUT2D eigenvalue weighted by molar-refractivity contribution is 5.36. The van der Waals surface area contributed by atoms with Crippen LogP contribution in [0.25, 0.3) is 0 Å². The molecule has 3 rings (SSSR count). The summed E-state index contributed by atoms with van der Waals surface area (Å²) in [6.45, 7) is 4.95. The Balaban J connectivity index is 1.80. The average Bonchev–Trinajstić information content (AvgIpc) is 2.64. The van der Waals surface area contributed by atoms with E-state index < -0.39 is 0 Å². The topological polar surface area (TPSA) is 23.5 Å². The Labute approximate surface area is 120 Å². The zero-order chi connectivity index (χ0) is 13.9. The number of nitrogens with zero attached hydrogens (tertiary/aromatic N) is 1. The van der Waals surface area contributed by atoms with Crippen LogP contribution in [0.1, 0.15) is 28.7 Å². The van der Waals surface area contributed by atoms with E-state index in [9.17, 15) is 5.11 Å². The van der Waals surface area contributed by atoms with Gasteiger partial charge in [0.25, 0.3) is 0 Å². The molecular formula is C18H21NO. The van der Waals surface area contributed by atoms with Crippen molar-refractivity contribution in [3.05, 3.63) is 64.7 Å². The fourth-order valence-corrected chi connectivity index (χ4v) is 2.99. The van der Waals surface area contributed by atoms with E-state index in [1.54, 1.807) is 6.07 Å². The lowest BCUT2D eigenvalue weighted by atomic mass is 10.0. The summed E-state index contributed by atoms with van der Waals surface area (Å²) in [5.41, 5.74) is 5.14. The van der Waals surface area contributed by atoms with Crippen molar-refractivity contribution < 1.29 is 5.11 Å². The van der Waals surface area contributed by atoms with Gasteiger partial charge < -0.3 is 5.11 Å². The number of aromatic hydroxyl groups is 1. The van der Waals surface area contributed by atoms with Crippen molar-refractivity contribution in [2.45, 2.75) is 32.9 Å².